The van der Waals surface area contributed by atoms with Crippen LogP contribution in [0.3, 0.4) is 0 Å². The molecule has 5 nitrogen and oxygen atoms in total. The molecule has 0 spiro atoms. The van der Waals surface area contributed by atoms with Gasteiger partial charge in [-0.25, -0.2) is 17.9 Å². The third-order valence-corrected chi connectivity index (χ3v) is 4.42. The van der Waals surface area contributed by atoms with Crippen molar-refractivity contribution in [3.63, 3.8) is 0 Å². The maximum atomic E-state index is 12.0. The van der Waals surface area contributed by atoms with Crippen molar-refractivity contribution in [2.75, 3.05) is 6.54 Å². The summed E-state index contributed by atoms with van der Waals surface area (Å²) in [5.41, 5.74) is -0.382. The zero-order chi connectivity index (χ0) is 14.8. The normalized spacial score (nSPS) is 11.3. The molecule has 1 aromatic carbocycles. The molecule has 9 heteroatoms. The summed E-state index contributed by atoms with van der Waals surface area (Å²) in [7, 11) is -3.99. The van der Waals surface area contributed by atoms with E-state index in [0.29, 0.717) is 4.48 Å². The number of aromatic carboxylic acids is 1. The second kappa shape index (κ2) is 6.23. The first-order valence-corrected chi connectivity index (χ1v) is 7.73. The predicted octanol–water partition coefficient (Wildman–Crippen LogP) is 2.88. The number of carboxylic acids is 1. The Morgan fingerprint density at radius 1 is 1.42 bits per heavy atom. The number of sulfonamides is 1. The summed E-state index contributed by atoms with van der Waals surface area (Å²) in [6.45, 7) is 3.41. The van der Waals surface area contributed by atoms with Gasteiger partial charge in [0.1, 0.15) is 4.90 Å². The number of carboxylic acid groups (broad SMARTS) is 1. The topological polar surface area (TPSA) is 83.5 Å². The minimum atomic E-state index is -3.99. The molecule has 0 heterocycles. The molecule has 104 valence electrons. The SMILES string of the molecule is C=C(Br)CNS(=O)(=O)c1cc(Cl)cc(C(=O)O)c1Cl. The van der Waals surface area contributed by atoms with Crippen LogP contribution in [-0.4, -0.2) is 26.0 Å². The van der Waals surface area contributed by atoms with E-state index in [9.17, 15) is 13.2 Å². The van der Waals surface area contributed by atoms with Crippen molar-refractivity contribution in [2.45, 2.75) is 4.90 Å². The van der Waals surface area contributed by atoms with E-state index in [-0.39, 0.29) is 17.1 Å². The number of nitrogens with one attached hydrogen (secondary N) is 1. The second-order valence-corrected chi connectivity index (χ2v) is 7.08. The zero-order valence-corrected chi connectivity index (χ0v) is 13.2. The molecule has 0 amide bonds. The van der Waals surface area contributed by atoms with E-state index in [1.807, 2.05) is 0 Å². The third-order valence-electron chi connectivity index (χ3n) is 1.98. The Morgan fingerprint density at radius 3 is 2.47 bits per heavy atom. The van der Waals surface area contributed by atoms with Crippen molar-refractivity contribution < 1.29 is 18.3 Å². The van der Waals surface area contributed by atoms with Crippen LogP contribution in [0.25, 0.3) is 0 Å². The fraction of sp³-hybridized carbons (Fsp3) is 0.100. The van der Waals surface area contributed by atoms with E-state index in [1.54, 1.807) is 0 Å². The first-order chi connectivity index (χ1) is 8.65. The molecular formula is C10H8BrCl2NO4S. The van der Waals surface area contributed by atoms with Gasteiger partial charge in [-0.05, 0) is 12.1 Å². The van der Waals surface area contributed by atoms with E-state index < -0.39 is 25.9 Å². The fourth-order valence-corrected chi connectivity index (χ4v) is 3.42. The lowest BCUT2D eigenvalue weighted by molar-refractivity contribution is 0.0697. The summed E-state index contributed by atoms with van der Waals surface area (Å²) in [6.07, 6.45) is 0. The van der Waals surface area contributed by atoms with Gasteiger partial charge in [0, 0.05) is 16.0 Å². The second-order valence-electron chi connectivity index (χ2n) is 3.41. The van der Waals surface area contributed by atoms with Crippen molar-refractivity contribution in [2.24, 2.45) is 0 Å². The predicted molar refractivity (Wildman–Crippen MR) is 76.7 cm³/mol. The molecule has 0 aliphatic rings. The van der Waals surface area contributed by atoms with E-state index in [1.165, 1.54) is 0 Å². The Kier molecular flexibility index (Phi) is 5.40. The lowest BCUT2D eigenvalue weighted by Gasteiger charge is -2.10. The highest BCUT2D eigenvalue weighted by atomic mass is 79.9. The van der Waals surface area contributed by atoms with Crippen LogP contribution in [0.1, 0.15) is 10.4 Å². The fourth-order valence-electron chi connectivity index (χ4n) is 1.17. The highest BCUT2D eigenvalue weighted by Gasteiger charge is 2.23. The molecule has 0 bridgehead atoms. The molecule has 0 atom stereocenters. The maximum absolute atomic E-state index is 12.0. The molecule has 0 saturated heterocycles. The van der Waals surface area contributed by atoms with Crippen LogP contribution in [0.15, 0.2) is 28.1 Å². The van der Waals surface area contributed by atoms with Crippen LogP contribution in [0, 0.1) is 0 Å². The highest BCUT2D eigenvalue weighted by molar-refractivity contribution is 9.11. The molecule has 19 heavy (non-hydrogen) atoms. The molecule has 0 aromatic heterocycles. The summed E-state index contributed by atoms with van der Waals surface area (Å²) < 4.78 is 26.6. The Hall–Kier alpha value is -0.600. The third kappa shape index (κ3) is 4.19. The smallest absolute Gasteiger partial charge is 0.337 e. The molecule has 0 radical (unpaired) electrons. The number of benzene rings is 1. The average molecular weight is 389 g/mol. The molecular weight excluding hydrogens is 381 g/mol. The van der Waals surface area contributed by atoms with Gasteiger partial charge in [-0.3, -0.25) is 0 Å². The molecule has 0 aliphatic heterocycles. The Bertz CT molecular complexity index is 645. The number of carbonyl (C=O) groups is 1. The van der Waals surface area contributed by atoms with E-state index >= 15 is 0 Å². The van der Waals surface area contributed by atoms with Gasteiger partial charge in [0.2, 0.25) is 10.0 Å². The number of hydrogen-bond acceptors (Lipinski definition) is 3. The Morgan fingerprint density at radius 2 is 2.00 bits per heavy atom. The van der Waals surface area contributed by atoms with Gasteiger partial charge < -0.3 is 5.11 Å². The van der Waals surface area contributed by atoms with Crippen molar-refractivity contribution in [3.05, 3.63) is 38.8 Å². The highest BCUT2D eigenvalue weighted by Crippen LogP contribution is 2.29. The van der Waals surface area contributed by atoms with E-state index in [2.05, 4.69) is 27.2 Å². The van der Waals surface area contributed by atoms with Gasteiger partial charge in [0.15, 0.2) is 0 Å². The summed E-state index contributed by atoms with van der Waals surface area (Å²) >= 11 is 14.5. The van der Waals surface area contributed by atoms with Gasteiger partial charge in [0.25, 0.3) is 0 Å². The molecule has 0 aliphatic carbocycles. The van der Waals surface area contributed by atoms with Gasteiger partial charge in [-0.15, -0.1) is 0 Å². The van der Waals surface area contributed by atoms with Crippen LogP contribution >= 0.6 is 39.1 Å². The molecule has 1 aromatic rings. The summed E-state index contributed by atoms with van der Waals surface area (Å²) in [5.74, 6) is -1.37. The summed E-state index contributed by atoms with van der Waals surface area (Å²) in [4.78, 5) is 10.5. The quantitative estimate of drug-likeness (QED) is 0.812. The molecule has 2 N–H and O–H groups in total. The first-order valence-electron chi connectivity index (χ1n) is 4.70. The molecule has 0 fully saturated rings. The molecule has 1 rings (SSSR count). The van der Waals surface area contributed by atoms with Gasteiger partial charge in [-0.1, -0.05) is 45.7 Å². The largest absolute Gasteiger partial charge is 0.478 e. The van der Waals surface area contributed by atoms with E-state index in [0.717, 1.165) is 12.1 Å². The lowest BCUT2D eigenvalue weighted by Crippen LogP contribution is -2.25. The average Bonchev–Trinajstić information content (AvgIpc) is 2.28. The van der Waals surface area contributed by atoms with Crippen LogP contribution in [0.4, 0.5) is 0 Å². The minimum absolute atomic E-state index is 0.0418. The monoisotopic (exact) mass is 387 g/mol. The molecule has 0 saturated carbocycles. The molecule has 0 unspecified atom stereocenters. The summed E-state index contributed by atoms with van der Waals surface area (Å²) in [6, 6.07) is 2.16. The van der Waals surface area contributed by atoms with Gasteiger partial charge in [0.05, 0.1) is 10.6 Å². The Labute approximate surface area is 128 Å². The van der Waals surface area contributed by atoms with Gasteiger partial charge >= 0.3 is 5.97 Å². The van der Waals surface area contributed by atoms with Crippen molar-refractivity contribution in [3.8, 4) is 0 Å². The zero-order valence-electron chi connectivity index (χ0n) is 9.28. The number of rotatable bonds is 5. The van der Waals surface area contributed by atoms with Crippen molar-refractivity contribution in [1.82, 2.24) is 4.72 Å². The van der Waals surface area contributed by atoms with E-state index in [4.69, 9.17) is 28.3 Å². The van der Waals surface area contributed by atoms with Crippen molar-refractivity contribution in [1.29, 1.82) is 0 Å². The Balaban J connectivity index is 3.34. The maximum Gasteiger partial charge on any atom is 0.337 e. The first kappa shape index (κ1) is 16.5. The lowest BCUT2D eigenvalue weighted by atomic mass is 10.2. The van der Waals surface area contributed by atoms with Crippen molar-refractivity contribution >= 4 is 55.1 Å². The van der Waals surface area contributed by atoms with Crippen LogP contribution in [0.5, 0.6) is 0 Å². The van der Waals surface area contributed by atoms with Crippen LogP contribution < -0.4 is 4.72 Å². The van der Waals surface area contributed by atoms with Crippen LogP contribution in [-0.2, 0) is 10.0 Å². The standard InChI is InChI=1S/C10H8BrCl2NO4S/c1-5(11)4-14-19(17,18)8-3-6(12)2-7(9(8)13)10(15)16/h2-3,14H,1,4H2,(H,15,16). The van der Waals surface area contributed by atoms with Crippen LogP contribution in [0.2, 0.25) is 10.0 Å². The number of hydrogen-bond donors (Lipinski definition) is 2. The number of halogens is 3. The summed E-state index contributed by atoms with van der Waals surface area (Å²) in [5, 5.41) is 8.48. The van der Waals surface area contributed by atoms with Gasteiger partial charge in [-0.2, -0.15) is 0 Å². The minimum Gasteiger partial charge on any atom is -0.478 e.